The van der Waals surface area contributed by atoms with Gasteiger partial charge in [0.15, 0.2) is 5.78 Å². The van der Waals surface area contributed by atoms with E-state index in [2.05, 4.69) is 9.71 Å². The van der Waals surface area contributed by atoms with Crippen molar-refractivity contribution in [1.29, 1.82) is 0 Å². The maximum Gasteiger partial charge on any atom is 0.261 e. The largest absolute Gasteiger partial charge is 0.289 e. The summed E-state index contributed by atoms with van der Waals surface area (Å²) < 4.78 is 27.3. The van der Waals surface area contributed by atoms with Gasteiger partial charge < -0.3 is 0 Å². The summed E-state index contributed by atoms with van der Waals surface area (Å²) in [7, 11) is -3.67. The van der Waals surface area contributed by atoms with Crippen molar-refractivity contribution in [3.8, 4) is 0 Å². The van der Waals surface area contributed by atoms with Crippen molar-refractivity contribution in [2.75, 3.05) is 4.72 Å². The van der Waals surface area contributed by atoms with Gasteiger partial charge in [0.1, 0.15) is 0 Å². The molecule has 1 aromatic heterocycles. The lowest BCUT2D eigenvalue weighted by Gasteiger charge is -2.08. The van der Waals surface area contributed by atoms with Crippen LogP contribution in [0.1, 0.15) is 21.5 Å². The average molecular weight is 378 g/mol. The zero-order valence-electron chi connectivity index (χ0n) is 14.7. The van der Waals surface area contributed by atoms with Crippen LogP contribution < -0.4 is 4.72 Å². The summed E-state index contributed by atoms with van der Waals surface area (Å²) in [6.07, 6.45) is 6.47. The number of hydrogen-bond donors (Lipinski definition) is 1. The minimum Gasteiger partial charge on any atom is -0.289 e. The Morgan fingerprint density at radius 2 is 1.70 bits per heavy atom. The van der Waals surface area contributed by atoms with E-state index in [0.717, 1.165) is 11.1 Å². The number of sulfonamides is 1. The summed E-state index contributed by atoms with van der Waals surface area (Å²) in [6, 6.07) is 16.5. The number of pyridine rings is 1. The van der Waals surface area contributed by atoms with Crippen LogP contribution >= 0.6 is 0 Å². The molecule has 136 valence electrons. The van der Waals surface area contributed by atoms with Gasteiger partial charge in [0.25, 0.3) is 10.0 Å². The summed E-state index contributed by atoms with van der Waals surface area (Å²) in [5.74, 6) is -0.174. The van der Waals surface area contributed by atoms with Gasteiger partial charge >= 0.3 is 0 Å². The van der Waals surface area contributed by atoms with Crippen LogP contribution in [0.3, 0.4) is 0 Å². The molecule has 1 heterocycles. The molecule has 5 nitrogen and oxygen atoms in total. The van der Waals surface area contributed by atoms with E-state index < -0.39 is 10.0 Å². The third-order valence-corrected chi connectivity index (χ3v) is 5.26. The van der Waals surface area contributed by atoms with Crippen LogP contribution in [0, 0.1) is 6.92 Å². The van der Waals surface area contributed by atoms with Crippen LogP contribution in [0.15, 0.2) is 84.0 Å². The average Bonchev–Trinajstić information content (AvgIpc) is 2.67. The number of anilines is 1. The Labute approximate surface area is 158 Å². The van der Waals surface area contributed by atoms with Crippen molar-refractivity contribution in [2.24, 2.45) is 0 Å². The molecule has 2 aromatic carbocycles. The number of ketones is 1. The first-order valence-electron chi connectivity index (χ1n) is 8.26. The number of carbonyl (C=O) groups is 1. The molecule has 3 rings (SSSR count). The third-order valence-electron chi connectivity index (χ3n) is 3.86. The Kier molecular flexibility index (Phi) is 5.47. The molecule has 0 aliphatic rings. The highest BCUT2D eigenvalue weighted by Crippen LogP contribution is 2.17. The van der Waals surface area contributed by atoms with Gasteiger partial charge in [0.05, 0.1) is 4.90 Å². The van der Waals surface area contributed by atoms with Crippen LogP contribution in [0.4, 0.5) is 5.69 Å². The van der Waals surface area contributed by atoms with Crippen molar-refractivity contribution >= 4 is 27.6 Å². The first kappa shape index (κ1) is 18.5. The molecule has 6 heteroatoms. The van der Waals surface area contributed by atoms with Gasteiger partial charge in [-0.25, -0.2) is 8.42 Å². The van der Waals surface area contributed by atoms with Gasteiger partial charge in [-0.05, 0) is 67.1 Å². The standard InChI is InChI=1S/C21H18N2O3S/c1-16-4-11-20(12-5-16)27(25,26)23-19-9-7-18(8-10-19)21(24)13-6-17-3-2-14-22-15-17/h2-15,23H,1H3. The molecule has 0 atom stereocenters. The molecule has 0 amide bonds. The van der Waals surface area contributed by atoms with E-state index >= 15 is 0 Å². The maximum atomic E-state index is 12.4. The number of hydrogen-bond acceptors (Lipinski definition) is 4. The Hall–Kier alpha value is -3.25. The maximum absolute atomic E-state index is 12.4. The zero-order chi connectivity index (χ0) is 19.3. The van der Waals surface area contributed by atoms with Gasteiger partial charge in [-0.2, -0.15) is 0 Å². The van der Waals surface area contributed by atoms with Crippen molar-refractivity contribution in [3.63, 3.8) is 0 Å². The topological polar surface area (TPSA) is 76.1 Å². The highest BCUT2D eigenvalue weighted by molar-refractivity contribution is 7.92. The van der Waals surface area contributed by atoms with E-state index in [1.54, 1.807) is 73.1 Å². The van der Waals surface area contributed by atoms with E-state index in [4.69, 9.17) is 0 Å². The van der Waals surface area contributed by atoms with E-state index in [1.807, 2.05) is 13.0 Å². The second-order valence-corrected chi connectivity index (χ2v) is 7.66. The number of carbonyl (C=O) groups excluding carboxylic acids is 1. The summed E-state index contributed by atoms with van der Waals surface area (Å²) in [4.78, 5) is 16.4. The molecule has 0 bridgehead atoms. The number of allylic oxidation sites excluding steroid dienone is 1. The van der Waals surface area contributed by atoms with Crippen LogP contribution in [0.5, 0.6) is 0 Å². The van der Waals surface area contributed by atoms with E-state index in [1.165, 1.54) is 6.08 Å². The van der Waals surface area contributed by atoms with Crippen molar-refractivity contribution in [1.82, 2.24) is 4.98 Å². The molecule has 3 aromatic rings. The predicted molar refractivity (Wildman–Crippen MR) is 106 cm³/mol. The number of nitrogens with one attached hydrogen (secondary N) is 1. The molecule has 0 saturated carbocycles. The van der Waals surface area contributed by atoms with Crippen LogP contribution in [0.2, 0.25) is 0 Å². The number of rotatable bonds is 6. The second-order valence-electron chi connectivity index (χ2n) is 5.98. The summed E-state index contributed by atoms with van der Waals surface area (Å²) >= 11 is 0. The molecular weight excluding hydrogens is 360 g/mol. The molecule has 1 N–H and O–H groups in total. The van der Waals surface area contributed by atoms with Gasteiger partial charge in [-0.3, -0.25) is 14.5 Å². The molecule has 0 spiro atoms. The molecule has 0 aliphatic carbocycles. The van der Waals surface area contributed by atoms with Crippen LogP contribution in [-0.2, 0) is 10.0 Å². The highest BCUT2D eigenvalue weighted by Gasteiger charge is 2.14. The first-order valence-corrected chi connectivity index (χ1v) is 9.74. The number of nitrogens with zero attached hydrogens (tertiary/aromatic N) is 1. The fraction of sp³-hybridized carbons (Fsp3) is 0.0476. The smallest absolute Gasteiger partial charge is 0.261 e. The lowest BCUT2D eigenvalue weighted by Crippen LogP contribution is -2.13. The summed E-state index contributed by atoms with van der Waals surface area (Å²) in [5, 5.41) is 0. The Morgan fingerprint density at radius 1 is 1.00 bits per heavy atom. The number of benzene rings is 2. The second kappa shape index (κ2) is 7.97. The normalized spacial score (nSPS) is 11.4. The molecule has 0 aliphatic heterocycles. The van der Waals surface area contributed by atoms with Crippen molar-refractivity contribution in [3.05, 3.63) is 95.8 Å². The lowest BCUT2D eigenvalue weighted by molar-refractivity contribution is 0.104. The fourth-order valence-corrected chi connectivity index (χ4v) is 3.44. The van der Waals surface area contributed by atoms with Crippen LogP contribution in [0.25, 0.3) is 6.08 Å². The van der Waals surface area contributed by atoms with Gasteiger partial charge in [0, 0.05) is 23.6 Å². The molecule has 0 saturated heterocycles. The summed E-state index contributed by atoms with van der Waals surface area (Å²) in [5.41, 5.74) is 2.67. The predicted octanol–water partition coefficient (Wildman–Crippen LogP) is 4.09. The van der Waals surface area contributed by atoms with Crippen molar-refractivity contribution in [2.45, 2.75) is 11.8 Å². The number of aromatic nitrogens is 1. The fourth-order valence-electron chi connectivity index (χ4n) is 2.38. The van der Waals surface area contributed by atoms with E-state index in [0.29, 0.717) is 11.3 Å². The Morgan fingerprint density at radius 3 is 2.33 bits per heavy atom. The van der Waals surface area contributed by atoms with Gasteiger partial charge in [-0.1, -0.05) is 23.8 Å². The quantitative estimate of drug-likeness (QED) is 0.518. The zero-order valence-corrected chi connectivity index (χ0v) is 15.5. The third kappa shape index (κ3) is 4.89. The summed E-state index contributed by atoms with van der Waals surface area (Å²) in [6.45, 7) is 1.89. The molecule has 0 radical (unpaired) electrons. The minimum atomic E-state index is -3.67. The SMILES string of the molecule is Cc1ccc(S(=O)(=O)Nc2ccc(C(=O)C=Cc3cccnc3)cc2)cc1. The molecule has 0 fully saturated rings. The highest BCUT2D eigenvalue weighted by atomic mass is 32.2. The van der Waals surface area contributed by atoms with Crippen molar-refractivity contribution < 1.29 is 13.2 Å². The van der Waals surface area contributed by atoms with Crippen LogP contribution in [-0.4, -0.2) is 19.2 Å². The Bertz CT molecular complexity index is 1060. The number of aryl methyl sites for hydroxylation is 1. The monoisotopic (exact) mass is 378 g/mol. The first-order chi connectivity index (χ1) is 12.9. The van der Waals surface area contributed by atoms with E-state index in [9.17, 15) is 13.2 Å². The Balaban J connectivity index is 1.70. The van der Waals surface area contributed by atoms with Gasteiger partial charge in [0.2, 0.25) is 0 Å². The lowest BCUT2D eigenvalue weighted by atomic mass is 10.1. The molecular formula is C21H18N2O3S. The minimum absolute atomic E-state index is 0.174. The van der Waals surface area contributed by atoms with Gasteiger partial charge in [-0.15, -0.1) is 0 Å². The van der Waals surface area contributed by atoms with E-state index in [-0.39, 0.29) is 10.7 Å². The molecule has 0 unspecified atom stereocenters. The molecule has 27 heavy (non-hydrogen) atoms.